The van der Waals surface area contributed by atoms with E-state index in [0.29, 0.717) is 12.0 Å². The Morgan fingerprint density at radius 1 is 0.914 bits per heavy atom. The number of hydrogen-bond acceptors (Lipinski definition) is 3. The highest BCUT2D eigenvalue weighted by Gasteiger charge is 2.32. The average Bonchev–Trinajstić information content (AvgIpc) is 3.40. The molecule has 0 saturated heterocycles. The maximum absolute atomic E-state index is 14.6. The first kappa shape index (κ1) is 25.0. The van der Waals surface area contributed by atoms with Crippen LogP contribution in [0.25, 0.3) is 0 Å². The van der Waals surface area contributed by atoms with Gasteiger partial charge in [-0.25, -0.2) is 4.39 Å². The molecule has 3 aromatic rings. The predicted molar refractivity (Wildman–Crippen MR) is 138 cm³/mol. The van der Waals surface area contributed by atoms with Crippen LogP contribution in [0.4, 0.5) is 4.39 Å². The first-order chi connectivity index (χ1) is 17.1. The van der Waals surface area contributed by atoms with Crippen LogP contribution < -0.4 is 5.32 Å². The van der Waals surface area contributed by atoms with Gasteiger partial charge >= 0.3 is 0 Å². The second-order valence-electron chi connectivity index (χ2n) is 8.91. The number of nitrogens with one attached hydrogen (secondary N) is 1. The predicted octanol–water partition coefficient (Wildman–Crippen LogP) is 5.62. The van der Waals surface area contributed by atoms with Crippen LogP contribution >= 0.6 is 11.8 Å². The van der Waals surface area contributed by atoms with Crippen LogP contribution in [-0.2, 0) is 22.6 Å². The maximum Gasteiger partial charge on any atom is 0.243 e. The van der Waals surface area contributed by atoms with E-state index in [1.807, 2.05) is 60.7 Å². The molecule has 0 aliphatic heterocycles. The number of carbonyl (C=O) groups excluding carboxylic acids is 2. The van der Waals surface area contributed by atoms with Gasteiger partial charge in [-0.05, 0) is 36.6 Å². The SMILES string of the molecule is O=C(NC1CCCC1)[C@H](Cc1ccccc1)N(Cc1ccccc1F)C(=O)CSc1ccccc1. The molecule has 0 unspecified atom stereocenters. The molecule has 1 N–H and O–H groups in total. The maximum atomic E-state index is 14.6. The van der Waals surface area contributed by atoms with Gasteiger partial charge in [0.15, 0.2) is 0 Å². The van der Waals surface area contributed by atoms with Crippen molar-refractivity contribution < 1.29 is 14.0 Å². The van der Waals surface area contributed by atoms with E-state index < -0.39 is 6.04 Å². The van der Waals surface area contributed by atoms with E-state index in [9.17, 15) is 14.0 Å². The number of benzene rings is 3. The van der Waals surface area contributed by atoms with Gasteiger partial charge in [0.25, 0.3) is 0 Å². The third-order valence-electron chi connectivity index (χ3n) is 6.38. The molecule has 0 spiro atoms. The summed E-state index contributed by atoms with van der Waals surface area (Å²) in [5.41, 5.74) is 1.36. The van der Waals surface area contributed by atoms with Crippen molar-refractivity contribution in [2.24, 2.45) is 0 Å². The Morgan fingerprint density at radius 2 is 1.54 bits per heavy atom. The normalized spacial score (nSPS) is 14.4. The van der Waals surface area contributed by atoms with Gasteiger partial charge in [0.1, 0.15) is 11.9 Å². The Hall–Kier alpha value is -3.12. The van der Waals surface area contributed by atoms with Gasteiger partial charge in [0.2, 0.25) is 11.8 Å². The first-order valence-corrected chi connectivity index (χ1v) is 13.1. The molecule has 4 rings (SSSR count). The lowest BCUT2D eigenvalue weighted by molar-refractivity contribution is -0.139. The van der Waals surface area contributed by atoms with Crippen LogP contribution in [0.5, 0.6) is 0 Å². The monoisotopic (exact) mass is 490 g/mol. The minimum Gasteiger partial charge on any atom is -0.352 e. The van der Waals surface area contributed by atoms with E-state index in [-0.39, 0.29) is 36.0 Å². The van der Waals surface area contributed by atoms with Crippen molar-refractivity contribution in [2.45, 2.75) is 55.6 Å². The fraction of sp³-hybridized carbons (Fsp3) is 0.310. The molecule has 3 aromatic carbocycles. The summed E-state index contributed by atoms with van der Waals surface area (Å²) in [4.78, 5) is 29.7. The number of thioether (sulfide) groups is 1. The molecule has 1 aliphatic rings. The molecule has 0 bridgehead atoms. The van der Waals surface area contributed by atoms with Crippen molar-refractivity contribution in [3.63, 3.8) is 0 Å². The summed E-state index contributed by atoms with van der Waals surface area (Å²) in [5, 5.41) is 3.18. The number of nitrogens with zero attached hydrogens (tertiary/aromatic N) is 1. The summed E-state index contributed by atoms with van der Waals surface area (Å²) in [7, 11) is 0. The molecule has 0 heterocycles. The summed E-state index contributed by atoms with van der Waals surface area (Å²) in [6, 6.07) is 25.2. The molecule has 182 valence electrons. The minimum atomic E-state index is -0.735. The molecular weight excluding hydrogens is 459 g/mol. The molecule has 0 aromatic heterocycles. The van der Waals surface area contributed by atoms with E-state index in [1.54, 1.807) is 23.1 Å². The molecule has 1 atom stereocenters. The first-order valence-electron chi connectivity index (χ1n) is 12.1. The zero-order valence-electron chi connectivity index (χ0n) is 19.7. The van der Waals surface area contributed by atoms with Gasteiger partial charge in [0, 0.05) is 29.5 Å². The van der Waals surface area contributed by atoms with E-state index in [4.69, 9.17) is 0 Å². The largest absolute Gasteiger partial charge is 0.352 e. The van der Waals surface area contributed by atoms with Crippen molar-refractivity contribution >= 4 is 23.6 Å². The Labute approximate surface area is 210 Å². The zero-order valence-corrected chi connectivity index (χ0v) is 20.6. The summed E-state index contributed by atoms with van der Waals surface area (Å²) < 4.78 is 14.6. The standard InChI is InChI=1S/C29H31FN2O2S/c30-26-18-10-7-13-23(26)20-32(28(33)21-35-25-16-5-2-6-17-25)27(19-22-11-3-1-4-12-22)29(34)31-24-14-8-9-15-24/h1-7,10-13,16-18,24,27H,8-9,14-15,19-21H2,(H,31,34)/t27-/m0/s1. The summed E-state index contributed by atoms with van der Waals surface area (Å²) in [6.45, 7) is 0.0381. The lowest BCUT2D eigenvalue weighted by atomic mass is 10.0. The van der Waals surface area contributed by atoms with Crippen LogP contribution in [0.15, 0.2) is 89.8 Å². The number of amides is 2. The van der Waals surface area contributed by atoms with Crippen molar-refractivity contribution in [3.05, 3.63) is 102 Å². The smallest absolute Gasteiger partial charge is 0.243 e. The van der Waals surface area contributed by atoms with Crippen LogP contribution in [0.3, 0.4) is 0 Å². The van der Waals surface area contributed by atoms with Gasteiger partial charge in [-0.3, -0.25) is 9.59 Å². The van der Waals surface area contributed by atoms with Gasteiger partial charge < -0.3 is 10.2 Å². The quantitative estimate of drug-likeness (QED) is 0.376. The van der Waals surface area contributed by atoms with Crippen LogP contribution in [0, 0.1) is 5.82 Å². The fourth-order valence-corrected chi connectivity index (χ4v) is 5.28. The van der Waals surface area contributed by atoms with Crippen molar-refractivity contribution in [2.75, 3.05) is 5.75 Å². The van der Waals surface area contributed by atoms with Crippen LogP contribution in [0.2, 0.25) is 0 Å². The molecule has 1 fully saturated rings. The third kappa shape index (κ3) is 7.18. The highest BCUT2D eigenvalue weighted by molar-refractivity contribution is 8.00. The van der Waals surface area contributed by atoms with Crippen molar-refractivity contribution in [3.8, 4) is 0 Å². The molecule has 35 heavy (non-hydrogen) atoms. The Balaban J connectivity index is 1.61. The number of halogens is 1. The zero-order chi connectivity index (χ0) is 24.5. The molecule has 4 nitrogen and oxygen atoms in total. The second-order valence-corrected chi connectivity index (χ2v) is 9.96. The van der Waals surface area contributed by atoms with E-state index in [2.05, 4.69) is 5.32 Å². The van der Waals surface area contributed by atoms with Gasteiger partial charge in [0.05, 0.1) is 5.75 Å². The highest BCUT2D eigenvalue weighted by atomic mass is 32.2. The average molecular weight is 491 g/mol. The van der Waals surface area contributed by atoms with E-state index >= 15 is 0 Å². The molecule has 1 aliphatic carbocycles. The lowest BCUT2D eigenvalue weighted by Gasteiger charge is -2.32. The second kappa shape index (κ2) is 12.5. The van der Waals surface area contributed by atoms with Gasteiger partial charge in [-0.1, -0.05) is 79.6 Å². The van der Waals surface area contributed by atoms with Crippen molar-refractivity contribution in [1.82, 2.24) is 10.2 Å². The van der Waals surface area contributed by atoms with Crippen LogP contribution in [-0.4, -0.2) is 34.6 Å². The van der Waals surface area contributed by atoms with E-state index in [0.717, 1.165) is 36.1 Å². The highest BCUT2D eigenvalue weighted by Crippen LogP contribution is 2.23. The molecule has 0 radical (unpaired) electrons. The molecule has 2 amide bonds. The van der Waals surface area contributed by atoms with Gasteiger partial charge in [-0.15, -0.1) is 11.8 Å². The Bertz CT molecular complexity index is 1100. The minimum absolute atomic E-state index is 0.0381. The molecule has 1 saturated carbocycles. The topological polar surface area (TPSA) is 49.4 Å². The summed E-state index contributed by atoms with van der Waals surface area (Å²) in [5.74, 6) is -0.573. The Morgan fingerprint density at radius 3 is 2.23 bits per heavy atom. The molecule has 6 heteroatoms. The van der Waals surface area contributed by atoms with Crippen molar-refractivity contribution in [1.29, 1.82) is 0 Å². The third-order valence-corrected chi connectivity index (χ3v) is 7.37. The number of rotatable bonds is 10. The fourth-order valence-electron chi connectivity index (χ4n) is 4.48. The lowest BCUT2D eigenvalue weighted by Crippen LogP contribution is -2.52. The van der Waals surface area contributed by atoms with E-state index in [1.165, 1.54) is 17.8 Å². The molecular formula is C29H31FN2O2S. The summed E-state index contributed by atoms with van der Waals surface area (Å²) in [6.07, 6.45) is 4.47. The number of carbonyl (C=O) groups is 2. The summed E-state index contributed by atoms with van der Waals surface area (Å²) >= 11 is 1.42. The van der Waals surface area contributed by atoms with Crippen LogP contribution in [0.1, 0.15) is 36.8 Å². The van der Waals surface area contributed by atoms with Gasteiger partial charge in [-0.2, -0.15) is 0 Å². The number of hydrogen-bond donors (Lipinski definition) is 1. The Kier molecular flexibility index (Phi) is 8.96.